The third-order valence-corrected chi connectivity index (χ3v) is 3.68. The number of hydrogen-bond acceptors (Lipinski definition) is 5. The molecule has 0 amide bonds. The highest BCUT2D eigenvalue weighted by molar-refractivity contribution is 7.97. The molecule has 0 unspecified atom stereocenters. The minimum atomic E-state index is -0.461. The molecule has 2 aromatic rings. The predicted molar refractivity (Wildman–Crippen MR) is 80.4 cm³/mol. The van der Waals surface area contributed by atoms with Gasteiger partial charge in [0.15, 0.2) is 0 Å². The number of rotatable bonds is 6. The van der Waals surface area contributed by atoms with E-state index in [2.05, 4.69) is 0 Å². The van der Waals surface area contributed by atoms with Gasteiger partial charge in [0.2, 0.25) is 0 Å². The highest BCUT2D eigenvalue weighted by Gasteiger charge is 2.10. The predicted octanol–water partition coefficient (Wildman–Crippen LogP) is 0.840. The molecule has 21 heavy (non-hydrogen) atoms. The van der Waals surface area contributed by atoms with Crippen LogP contribution in [0, 0.1) is 6.92 Å². The number of aromatic nitrogens is 2. The molecule has 7 heteroatoms. The Morgan fingerprint density at radius 3 is 2.62 bits per heavy atom. The summed E-state index contributed by atoms with van der Waals surface area (Å²) in [5.41, 5.74) is -0.352. The zero-order chi connectivity index (χ0) is 15.2. The monoisotopic (exact) mass is 308 g/mol. The molecule has 1 N–H and O–H groups in total. The van der Waals surface area contributed by atoms with E-state index in [1.54, 1.807) is 6.92 Å². The molecular formula is C14H16N2O4S. The lowest BCUT2D eigenvalue weighted by Crippen LogP contribution is -2.38. The summed E-state index contributed by atoms with van der Waals surface area (Å²) in [6.45, 7) is 1.66. The van der Waals surface area contributed by atoms with Gasteiger partial charge in [0.25, 0.3) is 5.56 Å². The van der Waals surface area contributed by atoms with Crippen LogP contribution >= 0.6 is 11.9 Å². The fraction of sp³-hybridized carbons (Fsp3) is 0.286. The summed E-state index contributed by atoms with van der Waals surface area (Å²) in [7, 11) is 0. The quantitative estimate of drug-likeness (QED) is 0.801. The van der Waals surface area contributed by atoms with Gasteiger partial charge in [-0.05, 0) is 31.0 Å². The zero-order valence-corrected chi connectivity index (χ0v) is 12.4. The highest BCUT2D eigenvalue weighted by Crippen LogP contribution is 2.15. The summed E-state index contributed by atoms with van der Waals surface area (Å²) < 4.78 is 7.55. The van der Waals surface area contributed by atoms with Crippen LogP contribution in [0.25, 0.3) is 0 Å². The van der Waals surface area contributed by atoms with Crippen LogP contribution in [0.5, 0.6) is 0 Å². The summed E-state index contributed by atoms with van der Waals surface area (Å²) in [5.74, 6) is 0. The average Bonchev–Trinajstić information content (AvgIpc) is 2.50. The largest absolute Gasteiger partial charge is 0.394 e. The van der Waals surface area contributed by atoms with E-state index >= 15 is 0 Å². The lowest BCUT2D eigenvalue weighted by Gasteiger charge is -2.11. The van der Waals surface area contributed by atoms with Gasteiger partial charge in [-0.2, -0.15) is 3.97 Å². The Balaban J connectivity index is 2.35. The smallest absolute Gasteiger partial charge is 0.343 e. The molecule has 1 aromatic heterocycles. The summed E-state index contributed by atoms with van der Waals surface area (Å²) in [4.78, 5) is 25.2. The Morgan fingerprint density at radius 1 is 1.24 bits per heavy atom. The van der Waals surface area contributed by atoms with Crippen LogP contribution in [0.1, 0.15) is 5.56 Å². The molecule has 0 fully saturated rings. The highest BCUT2D eigenvalue weighted by atomic mass is 32.2. The van der Waals surface area contributed by atoms with Gasteiger partial charge in [0, 0.05) is 16.7 Å². The molecule has 112 valence electrons. The Labute approximate surface area is 125 Å². The van der Waals surface area contributed by atoms with Crippen molar-refractivity contribution in [3.8, 4) is 0 Å². The van der Waals surface area contributed by atoms with E-state index < -0.39 is 5.69 Å². The molecule has 2 rings (SSSR count). The molecule has 0 bridgehead atoms. The van der Waals surface area contributed by atoms with Gasteiger partial charge in [-0.15, -0.1) is 0 Å². The first-order valence-electron chi connectivity index (χ1n) is 6.38. The Hall–Kier alpha value is -1.83. The first-order chi connectivity index (χ1) is 10.1. The third-order valence-electron chi connectivity index (χ3n) is 2.70. The summed E-state index contributed by atoms with van der Waals surface area (Å²) >= 11 is 1.07. The van der Waals surface area contributed by atoms with E-state index in [9.17, 15) is 9.59 Å². The number of hydrogen-bond donors (Lipinski definition) is 1. The molecular weight excluding hydrogens is 292 g/mol. The lowest BCUT2D eigenvalue weighted by atomic mass is 10.4. The van der Waals surface area contributed by atoms with Crippen molar-refractivity contribution in [3.05, 3.63) is 62.9 Å². The minimum Gasteiger partial charge on any atom is -0.394 e. The zero-order valence-electron chi connectivity index (χ0n) is 11.6. The Bertz CT molecular complexity index is 709. The second-order valence-corrected chi connectivity index (χ2v) is 5.35. The number of nitrogens with zero attached hydrogens (tertiary/aromatic N) is 2. The van der Waals surface area contributed by atoms with E-state index in [4.69, 9.17) is 9.84 Å². The fourth-order valence-corrected chi connectivity index (χ4v) is 2.59. The van der Waals surface area contributed by atoms with Crippen molar-refractivity contribution >= 4 is 11.9 Å². The molecule has 1 aromatic carbocycles. The van der Waals surface area contributed by atoms with Gasteiger partial charge in [-0.3, -0.25) is 9.36 Å². The molecule has 0 spiro atoms. The van der Waals surface area contributed by atoms with Crippen LogP contribution in [0.4, 0.5) is 0 Å². The Kier molecular flexibility index (Phi) is 5.38. The van der Waals surface area contributed by atoms with Gasteiger partial charge in [0.05, 0.1) is 13.2 Å². The van der Waals surface area contributed by atoms with Crippen LogP contribution in [0.15, 0.2) is 51.0 Å². The lowest BCUT2D eigenvalue weighted by molar-refractivity contribution is 0.0454. The topological polar surface area (TPSA) is 73.5 Å². The maximum atomic E-state index is 12.3. The second-order valence-electron chi connectivity index (χ2n) is 4.33. The maximum Gasteiger partial charge on any atom is 0.343 e. The minimum absolute atomic E-state index is 0.00410. The molecule has 0 radical (unpaired) electrons. The number of aliphatic hydroxyl groups is 1. The summed E-state index contributed by atoms with van der Waals surface area (Å²) in [6.07, 6.45) is 1.46. The van der Waals surface area contributed by atoms with Crippen molar-refractivity contribution in [2.75, 3.05) is 13.2 Å². The third kappa shape index (κ3) is 3.84. The van der Waals surface area contributed by atoms with Crippen LogP contribution in [0.2, 0.25) is 0 Å². The van der Waals surface area contributed by atoms with Crippen LogP contribution in [-0.2, 0) is 11.5 Å². The van der Waals surface area contributed by atoms with Crippen molar-refractivity contribution in [2.24, 2.45) is 0 Å². The average molecular weight is 308 g/mol. The molecule has 6 nitrogen and oxygen atoms in total. The van der Waals surface area contributed by atoms with Crippen molar-refractivity contribution < 1.29 is 9.84 Å². The number of ether oxygens (including phenoxy) is 1. The molecule has 0 saturated heterocycles. The first kappa shape index (κ1) is 15.6. The van der Waals surface area contributed by atoms with Gasteiger partial charge in [0.1, 0.15) is 6.73 Å². The fourth-order valence-electron chi connectivity index (χ4n) is 1.70. The van der Waals surface area contributed by atoms with Crippen LogP contribution in [-0.4, -0.2) is 26.9 Å². The van der Waals surface area contributed by atoms with Crippen LogP contribution < -0.4 is 11.2 Å². The van der Waals surface area contributed by atoms with Crippen LogP contribution in [0.3, 0.4) is 0 Å². The number of aryl methyl sites for hydroxylation is 1. The van der Waals surface area contributed by atoms with E-state index in [1.165, 1.54) is 10.8 Å². The van der Waals surface area contributed by atoms with Crippen molar-refractivity contribution in [3.63, 3.8) is 0 Å². The molecule has 0 aliphatic heterocycles. The molecule has 0 atom stereocenters. The first-order valence-corrected chi connectivity index (χ1v) is 7.16. The van der Waals surface area contributed by atoms with E-state index in [0.717, 1.165) is 20.8 Å². The van der Waals surface area contributed by atoms with E-state index in [-0.39, 0.29) is 25.5 Å². The maximum absolute atomic E-state index is 12.3. The Morgan fingerprint density at radius 2 is 1.95 bits per heavy atom. The standard InChI is InChI=1S/C14H16N2O4S/c1-11-9-15(10-20-8-7-17)14(19)16(13(11)18)21-12-5-3-2-4-6-12/h2-6,9,17H,7-8,10H2,1H3. The second kappa shape index (κ2) is 7.26. The summed E-state index contributed by atoms with van der Waals surface area (Å²) in [6, 6.07) is 9.19. The van der Waals surface area contributed by atoms with Crippen molar-refractivity contribution in [1.82, 2.24) is 8.54 Å². The molecule has 1 heterocycles. The van der Waals surface area contributed by atoms with E-state index in [0.29, 0.717) is 5.56 Å². The molecule has 0 aliphatic carbocycles. The summed E-state index contributed by atoms with van der Waals surface area (Å²) in [5, 5.41) is 8.69. The van der Waals surface area contributed by atoms with Gasteiger partial charge in [-0.25, -0.2) is 4.79 Å². The van der Waals surface area contributed by atoms with Crippen molar-refractivity contribution in [1.29, 1.82) is 0 Å². The number of benzene rings is 1. The van der Waals surface area contributed by atoms with Gasteiger partial charge < -0.3 is 9.84 Å². The SMILES string of the molecule is Cc1cn(COCCO)c(=O)n(Sc2ccccc2)c1=O. The number of aliphatic hydroxyl groups excluding tert-OH is 1. The normalized spacial score (nSPS) is 10.8. The molecule has 0 saturated carbocycles. The van der Waals surface area contributed by atoms with Gasteiger partial charge in [-0.1, -0.05) is 18.2 Å². The molecule has 0 aliphatic rings. The van der Waals surface area contributed by atoms with Gasteiger partial charge >= 0.3 is 5.69 Å². The van der Waals surface area contributed by atoms with Crippen molar-refractivity contribution in [2.45, 2.75) is 18.6 Å². The van der Waals surface area contributed by atoms with E-state index in [1.807, 2.05) is 30.3 Å².